The molecule has 2 aromatic heterocycles. The van der Waals surface area contributed by atoms with Crippen molar-refractivity contribution in [3.05, 3.63) is 91.7 Å². The van der Waals surface area contributed by atoms with E-state index in [1.807, 2.05) is 0 Å². The first-order valence-electron chi connectivity index (χ1n) is 9.37. The zero-order chi connectivity index (χ0) is 23.3. The van der Waals surface area contributed by atoms with Crippen molar-refractivity contribution in [2.24, 2.45) is 0 Å². The number of imidazole rings is 1. The highest BCUT2D eigenvalue weighted by Crippen LogP contribution is 2.34. The second-order valence-electron chi connectivity index (χ2n) is 6.98. The molecule has 0 amide bonds. The van der Waals surface area contributed by atoms with Crippen molar-refractivity contribution < 1.29 is 14.2 Å². The topological polar surface area (TPSA) is 130 Å². The van der Waals surface area contributed by atoms with E-state index in [0.29, 0.717) is 16.7 Å². The fourth-order valence-corrected chi connectivity index (χ4v) is 3.63. The van der Waals surface area contributed by atoms with Gasteiger partial charge in [0.15, 0.2) is 11.3 Å². The number of fused-ring (bicyclic) bond motifs is 2. The maximum atomic E-state index is 13.8. The van der Waals surface area contributed by atoms with Crippen LogP contribution in [0.25, 0.3) is 39.4 Å². The predicted molar refractivity (Wildman–Crippen MR) is 118 cm³/mol. The maximum Gasteiger partial charge on any atom is 0.277 e. The molecule has 0 spiro atoms. The molecule has 0 atom stereocenters. The first kappa shape index (κ1) is 20.4. The summed E-state index contributed by atoms with van der Waals surface area (Å²) in [6, 6.07) is 14.1. The molecular weight excluding hydrogens is 455 g/mol. The van der Waals surface area contributed by atoms with E-state index in [4.69, 9.17) is 11.6 Å². The summed E-state index contributed by atoms with van der Waals surface area (Å²) < 4.78 is 15.3. The molecule has 5 aromatic rings. The zero-order valence-electron chi connectivity index (χ0n) is 16.3. The van der Waals surface area contributed by atoms with Gasteiger partial charge in [-0.2, -0.15) is 0 Å². The smallest absolute Gasteiger partial charge is 0.275 e. The lowest BCUT2D eigenvalue weighted by atomic mass is 10.1. The molecule has 162 valence electrons. The molecule has 0 N–H and O–H groups in total. The van der Waals surface area contributed by atoms with E-state index < -0.39 is 27.0 Å². The molecule has 0 unspecified atom stereocenters. The van der Waals surface area contributed by atoms with Gasteiger partial charge >= 0.3 is 0 Å². The molecule has 2 heterocycles. The van der Waals surface area contributed by atoms with Crippen LogP contribution in [0.2, 0.25) is 5.02 Å². The van der Waals surface area contributed by atoms with Crippen LogP contribution in [0.15, 0.2) is 60.7 Å². The molecule has 0 aliphatic rings. The molecule has 0 saturated heterocycles. The van der Waals surface area contributed by atoms with Crippen molar-refractivity contribution in [2.45, 2.75) is 0 Å². The number of benzene rings is 3. The molecular formula is C21H10ClFN6O4. The summed E-state index contributed by atoms with van der Waals surface area (Å²) in [7, 11) is 0. The van der Waals surface area contributed by atoms with Gasteiger partial charge in [0.05, 0.1) is 37.7 Å². The molecule has 0 bridgehead atoms. The molecule has 0 aliphatic heterocycles. The molecule has 0 aliphatic carbocycles. The van der Waals surface area contributed by atoms with Gasteiger partial charge in [-0.1, -0.05) is 23.7 Å². The second kappa shape index (κ2) is 7.57. The lowest BCUT2D eigenvalue weighted by molar-refractivity contribution is -0.394. The third kappa shape index (κ3) is 3.49. The highest BCUT2D eigenvalue weighted by atomic mass is 35.5. The summed E-state index contributed by atoms with van der Waals surface area (Å²) in [4.78, 5) is 34.9. The van der Waals surface area contributed by atoms with Crippen LogP contribution < -0.4 is 0 Å². The summed E-state index contributed by atoms with van der Waals surface area (Å²) in [6.45, 7) is 0. The molecule has 12 heteroatoms. The lowest BCUT2D eigenvalue weighted by Crippen LogP contribution is -2.01. The Labute approximate surface area is 188 Å². The van der Waals surface area contributed by atoms with E-state index in [1.54, 1.807) is 24.3 Å². The molecule has 10 nitrogen and oxygen atoms in total. The van der Waals surface area contributed by atoms with Crippen molar-refractivity contribution in [3.8, 4) is 17.1 Å². The highest BCUT2D eigenvalue weighted by Gasteiger charge is 2.23. The van der Waals surface area contributed by atoms with Crippen LogP contribution in [-0.2, 0) is 0 Å². The number of halogens is 2. The number of nitro groups is 2. The Morgan fingerprint density at radius 1 is 0.848 bits per heavy atom. The number of aromatic nitrogens is 4. The quantitative estimate of drug-likeness (QED) is 0.262. The zero-order valence-corrected chi connectivity index (χ0v) is 17.1. The number of nitrogens with zero attached hydrogens (tertiary/aromatic N) is 6. The number of hydrogen-bond donors (Lipinski definition) is 0. The summed E-state index contributed by atoms with van der Waals surface area (Å²) in [5.41, 5.74) is 1.03. The summed E-state index contributed by atoms with van der Waals surface area (Å²) in [5.74, 6) is -0.552. The second-order valence-corrected chi connectivity index (χ2v) is 7.39. The molecule has 0 fully saturated rings. The minimum absolute atomic E-state index is 0.0835. The minimum Gasteiger partial charge on any atom is -0.275 e. The summed E-state index contributed by atoms with van der Waals surface area (Å²) >= 11 is 5.99. The van der Waals surface area contributed by atoms with Gasteiger partial charge in [0.1, 0.15) is 11.6 Å². The number of non-ortho nitro benzene ring substituents is 2. The summed E-state index contributed by atoms with van der Waals surface area (Å²) in [6.07, 6.45) is 0. The van der Waals surface area contributed by atoms with Gasteiger partial charge in [-0.3, -0.25) is 24.8 Å². The van der Waals surface area contributed by atoms with Crippen LogP contribution in [0.4, 0.5) is 15.8 Å². The van der Waals surface area contributed by atoms with E-state index >= 15 is 0 Å². The normalized spacial score (nSPS) is 11.2. The van der Waals surface area contributed by atoms with Crippen molar-refractivity contribution in [3.63, 3.8) is 0 Å². The van der Waals surface area contributed by atoms with Gasteiger partial charge in [0.2, 0.25) is 0 Å². The third-order valence-corrected chi connectivity index (χ3v) is 5.20. The van der Waals surface area contributed by atoms with Gasteiger partial charge in [-0.05, 0) is 30.3 Å². The Balaban J connectivity index is 1.89. The average Bonchev–Trinajstić information content (AvgIpc) is 3.17. The van der Waals surface area contributed by atoms with Crippen LogP contribution in [0.1, 0.15) is 0 Å². The minimum atomic E-state index is -0.733. The van der Waals surface area contributed by atoms with Crippen LogP contribution >= 0.6 is 11.6 Å². The number of nitro benzene ring substituents is 2. The van der Waals surface area contributed by atoms with Crippen LogP contribution in [0, 0.1) is 26.0 Å². The van der Waals surface area contributed by atoms with Crippen LogP contribution in [0.5, 0.6) is 0 Å². The summed E-state index contributed by atoms with van der Waals surface area (Å²) in [5, 5.41) is 22.6. The molecule has 0 saturated carbocycles. The standard InChI is InChI=1S/C21H10ClFN6O4/c22-15-10-12(5-6-16(15)23)27-20(11-7-13(28(30)31)9-14(8-11)29(32)33)26-19-21(27)25-18-4-2-1-3-17(18)24-19/h1-10H. The third-order valence-electron chi connectivity index (χ3n) is 4.91. The monoisotopic (exact) mass is 464 g/mol. The largest absolute Gasteiger partial charge is 0.277 e. The van der Waals surface area contributed by atoms with Crippen molar-refractivity contribution >= 4 is 45.3 Å². The average molecular weight is 465 g/mol. The maximum absolute atomic E-state index is 13.8. The number of para-hydroxylation sites is 2. The Morgan fingerprint density at radius 2 is 1.48 bits per heavy atom. The van der Waals surface area contributed by atoms with Gasteiger partial charge in [-0.25, -0.2) is 19.3 Å². The Morgan fingerprint density at radius 3 is 2.09 bits per heavy atom. The Hall–Kier alpha value is -4.51. The fourth-order valence-electron chi connectivity index (χ4n) is 3.45. The van der Waals surface area contributed by atoms with Gasteiger partial charge < -0.3 is 0 Å². The molecule has 33 heavy (non-hydrogen) atoms. The number of rotatable bonds is 4. The van der Waals surface area contributed by atoms with E-state index in [1.165, 1.54) is 16.7 Å². The van der Waals surface area contributed by atoms with Crippen LogP contribution in [-0.4, -0.2) is 29.4 Å². The molecule has 0 radical (unpaired) electrons. The number of hydrogen-bond acceptors (Lipinski definition) is 7. The first-order valence-corrected chi connectivity index (χ1v) is 9.74. The highest BCUT2D eigenvalue weighted by molar-refractivity contribution is 6.30. The van der Waals surface area contributed by atoms with Crippen LogP contribution in [0.3, 0.4) is 0 Å². The van der Waals surface area contributed by atoms with E-state index in [0.717, 1.165) is 24.3 Å². The Bertz CT molecular complexity index is 1590. The first-order chi connectivity index (χ1) is 15.8. The van der Waals surface area contributed by atoms with Crippen molar-refractivity contribution in [1.82, 2.24) is 19.5 Å². The Kier molecular flexibility index (Phi) is 4.68. The van der Waals surface area contributed by atoms with E-state index in [2.05, 4.69) is 15.0 Å². The molecule has 5 rings (SSSR count). The lowest BCUT2D eigenvalue weighted by Gasteiger charge is -2.10. The van der Waals surface area contributed by atoms with E-state index in [-0.39, 0.29) is 27.7 Å². The fraction of sp³-hybridized carbons (Fsp3) is 0. The predicted octanol–water partition coefficient (Wildman–Crippen LogP) is 5.24. The van der Waals surface area contributed by atoms with Crippen molar-refractivity contribution in [2.75, 3.05) is 0 Å². The van der Waals surface area contributed by atoms with E-state index in [9.17, 15) is 24.6 Å². The molecule has 3 aromatic carbocycles. The van der Waals surface area contributed by atoms with Crippen molar-refractivity contribution in [1.29, 1.82) is 0 Å². The van der Waals surface area contributed by atoms with Gasteiger partial charge in [0, 0.05) is 17.7 Å². The van der Waals surface area contributed by atoms with Gasteiger partial charge in [-0.15, -0.1) is 0 Å². The van der Waals surface area contributed by atoms with Gasteiger partial charge in [0.25, 0.3) is 11.4 Å². The SMILES string of the molecule is O=[N+]([O-])c1cc(-c2nc3nc4ccccc4nc3n2-c2ccc(F)c(Cl)c2)cc([N+](=O)[O-])c1.